The van der Waals surface area contributed by atoms with Gasteiger partial charge in [0.2, 0.25) is 0 Å². The number of Topliss-reactive ketones (excluding diaryl/α,β-unsaturated/α-hetero) is 1. The lowest BCUT2D eigenvalue weighted by Crippen LogP contribution is -2.38. The second-order valence-electron chi connectivity index (χ2n) is 4.23. The summed E-state index contributed by atoms with van der Waals surface area (Å²) in [7, 11) is 1.65. The number of hydrogen-bond acceptors (Lipinski definition) is 4. The predicted molar refractivity (Wildman–Crippen MR) is 62.1 cm³/mol. The van der Waals surface area contributed by atoms with Crippen molar-refractivity contribution in [2.45, 2.75) is 38.8 Å². The van der Waals surface area contributed by atoms with Crippen LogP contribution in [0.15, 0.2) is 0 Å². The maximum atomic E-state index is 11.4. The number of halogens is 1. The van der Waals surface area contributed by atoms with Crippen LogP contribution in [0.2, 0.25) is 0 Å². The highest BCUT2D eigenvalue weighted by Crippen LogP contribution is 2.09. The average molecular weight is 280 g/mol. The summed E-state index contributed by atoms with van der Waals surface area (Å²) in [5, 5.41) is 3.03. The number of carbonyl (C=O) groups excluding carboxylic acids is 2. The van der Waals surface area contributed by atoms with Crippen LogP contribution in [0, 0.1) is 0 Å². The molecule has 0 bridgehead atoms. The Morgan fingerprint density at radius 3 is 2.27 bits per heavy atom. The Labute approximate surface area is 98.9 Å². The van der Waals surface area contributed by atoms with Crippen LogP contribution in [0.25, 0.3) is 0 Å². The van der Waals surface area contributed by atoms with E-state index in [1.54, 1.807) is 27.8 Å². The summed E-state index contributed by atoms with van der Waals surface area (Å²) >= 11 is 3.07. The summed E-state index contributed by atoms with van der Waals surface area (Å²) in [4.78, 5) is 22.7. The first kappa shape index (κ1) is 14.6. The fourth-order valence-corrected chi connectivity index (χ4v) is 1.41. The fraction of sp³-hybridized carbons (Fsp3) is 0.800. The van der Waals surface area contributed by atoms with Crippen LogP contribution in [-0.2, 0) is 14.3 Å². The zero-order valence-electron chi connectivity index (χ0n) is 9.59. The SMILES string of the molecule is CNC(CC(=O)OC(C)(C)C)C(=O)CBr. The third-order valence-electron chi connectivity index (χ3n) is 1.66. The monoisotopic (exact) mass is 279 g/mol. The van der Waals surface area contributed by atoms with Crippen molar-refractivity contribution < 1.29 is 14.3 Å². The molecule has 0 amide bonds. The van der Waals surface area contributed by atoms with Crippen molar-refractivity contribution in [2.75, 3.05) is 12.4 Å². The molecule has 0 rings (SSSR count). The highest BCUT2D eigenvalue weighted by molar-refractivity contribution is 9.09. The normalized spacial score (nSPS) is 13.4. The summed E-state index contributed by atoms with van der Waals surface area (Å²) in [5.41, 5.74) is -0.507. The number of esters is 1. The Hall–Kier alpha value is -0.420. The number of hydrogen-bond donors (Lipinski definition) is 1. The molecule has 0 aromatic heterocycles. The zero-order valence-corrected chi connectivity index (χ0v) is 11.2. The minimum absolute atomic E-state index is 0.0524. The van der Waals surface area contributed by atoms with Crippen LogP contribution in [-0.4, -0.2) is 35.8 Å². The van der Waals surface area contributed by atoms with E-state index in [1.165, 1.54) is 0 Å². The molecule has 15 heavy (non-hydrogen) atoms. The van der Waals surface area contributed by atoms with Crippen molar-refractivity contribution in [3.63, 3.8) is 0 Å². The van der Waals surface area contributed by atoms with E-state index in [1.807, 2.05) is 0 Å². The van der Waals surface area contributed by atoms with E-state index in [9.17, 15) is 9.59 Å². The second kappa shape index (κ2) is 6.23. The summed E-state index contributed by atoms with van der Waals surface area (Å²) in [6, 6.07) is -0.473. The Morgan fingerprint density at radius 1 is 1.40 bits per heavy atom. The third kappa shape index (κ3) is 6.62. The van der Waals surface area contributed by atoms with Crippen LogP contribution in [0.3, 0.4) is 0 Å². The first-order valence-electron chi connectivity index (χ1n) is 4.78. The molecule has 0 saturated heterocycles. The van der Waals surface area contributed by atoms with Crippen LogP contribution >= 0.6 is 15.9 Å². The number of likely N-dealkylation sites (N-methyl/N-ethyl adjacent to an activating group) is 1. The summed E-state index contributed by atoms with van der Waals surface area (Å²) in [6.45, 7) is 5.39. The molecular weight excluding hydrogens is 262 g/mol. The second-order valence-corrected chi connectivity index (χ2v) is 4.79. The third-order valence-corrected chi connectivity index (χ3v) is 2.21. The molecule has 0 saturated carbocycles. The van der Waals surface area contributed by atoms with Gasteiger partial charge in [0.15, 0.2) is 5.78 Å². The van der Waals surface area contributed by atoms with Crippen molar-refractivity contribution in [1.29, 1.82) is 0 Å². The molecule has 0 spiro atoms. The van der Waals surface area contributed by atoms with E-state index >= 15 is 0 Å². The van der Waals surface area contributed by atoms with Crippen LogP contribution < -0.4 is 5.32 Å². The van der Waals surface area contributed by atoms with E-state index < -0.39 is 11.6 Å². The summed E-state index contributed by atoms with van der Waals surface area (Å²) in [6.07, 6.45) is 0.0677. The number of alkyl halides is 1. The lowest BCUT2D eigenvalue weighted by Gasteiger charge is -2.21. The first-order chi connectivity index (χ1) is 6.80. The van der Waals surface area contributed by atoms with Gasteiger partial charge in [-0.2, -0.15) is 0 Å². The number of ketones is 1. The number of ether oxygens (including phenoxy) is 1. The highest BCUT2D eigenvalue weighted by Gasteiger charge is 2.23. The van der Waals surface area contributed by atoms with Gasteiger partial charge in [-0.05, 0) is 27.8 Å². The fourth-order valence-electron chi connectivity index (χ4n) is 1.02. The molecule has 0 aromatic rings. The van der Waals surface area contributed by atoms with Gasteiger partial charge in [0.05, 0.1) is 17.8 Å². The van der Waals surface area contributed by atoms with E-state index in [0.717, 1.165) is 0 Å². The lowest BCUT2D eigenvalue weighted by atomic mass is 10.1. The highest BCUT2D eigenvalue weighted by atomic mass is 79.9. The smallest absolute Gasteiger partial charge is 0.308 e. The van der Waals surface area contributed by atoms with Crippen molar-refractivity contribution in [3.8, 4) is 0 Å². The molecule has 88 valence electrons. The largest absolute Gasteiger partial charge is 0.460 e. The predicted octanol–water partition coefficient (Wildman–Crippen LogP) is 1.27. The molecule has 0 aliphatic heterocycles. The molecule has 0 aliphatic carbocycles. The van der Waals surface area contributed by atoms with Gasteiger partial charge >= 0.3 is 5.97 Å². The van der Waals surface area contributed by atoms with E-state index in [0.29, 0.717) is 0 Å². The summed E-state index contributed by atoms with van der Waals surface area (Å²) in [5.74, 6) is -0.417. The molecule has 4 nitrogen and oxygen atoms in total. The van der Waals surface area contributed by atoms with Crippen LogP contribution in [0.4, 0.5) is 0 Å². The van der Waals surface area contributed by atoms with Crippen molar-refractivity contribution in [3.05, 3.63) is 0 Å². The number of carbonyl (C=O) groups is 2. The molecule has 1 unspecified atom stereocenters. The Morgan fingerprint density at radius 2 is 1.93 bits per heavy atom. The zero-order chi connectivity index (χ0) is 12.1. The van der Waals surface area contributed by atoms with Crippen LogP contribution in [0.1, 0.15) is 27.2 Å². The van der Waals surface area contributed by atoms with Gasteiger partial charge in [-0.1, -0.05) is 15.9 Å². The molecular formula is C10H18BrNO3. The van der Waals surface area contributed by atoms with E-state index in [2.05, 4.69) is 21.2 Å². The summed E-state index contributed by atoms with van der Waals surface area (Å²) < 4.78 is 5.12. The first-order valence-corrected chi connectivity index (χ1v) is 5.90. The van der Waals surface area contributed by atoms with E-state index in [4.69, 9.17) is 4.74 Å². The van der Waals surface area contributed by atoms with Crippen molar-refractivity contribution in [2.24, 2.45) is 0 Å². The lowest BCUT2D eigenvalue weighted by molar-refractivity contribution is -0.156. The Bertz CT molecular complexity index is 235. The number of nitrogens with one attached hydrogen (secondary N) is 1. The molecule has 5 heteroatoms. The van der Waals surface area contributed by atoms with Crippen molar-refractivity contribution >= 4 is 27.7 Å². The maximum absolute atomic E-state index is 11.4. The number of rotatable bonds is 5. The quantitative estimate of drug-likeness (QED) is 0.608. The topological polar surface area (TPSA) is 55.4 Å². The molecule has 0 fully saturated rings. The molecule has 1 atom stereocenters. The molecule has 0 aliphatic rings. The van der Waals surface area contributed by atoms with Gasteiger partial charge in [0, 0.05) is 0 Å². The standard InChI is InChI=1S/C10H18BrNO3/c1-10(2,3)15-9(14)5-7(12-4)8(13)6-11/h7,12H,5-6H2,1-4H3. The van der Waals surface area contributed by atoms with Gasteiger partial charge in [-0.25, -0.2) is 0 Å². The van der Waals surface area contributed by atoms with Gasteiger partial charge < -0.3 is 10.1 Å². The Kier molecular flexibility index (Phi) is 6.05. The molecule has 0 heterocycles. The van der Waals surface area contributed by atoms with Gasteiger partial charge in [0.25, 0.3) is 0 Å². The maximum Gasteiger partial charge on any atom is 0.308 e. The van der Waals surface area contributed by atoms with Gasteiger partial charge in [-0.3, -0.25) is 9.59 Å². The molecule has 1 N–H and O–H groups in total. The molecule has 0 aromatic carbocycles. The van der Waals surface area contributed by atoms with E-state index in [-0.39, 0.29) is 23.5 Å². The molecule has 0 radical (unpaired) electrons. The minimum atomic E-state index is -0.507. The van der Waals surface area contributed by atoms with Crippen LogP contribution in [0.5, 0.6) is 0 Å². The minimum Gasteiger partial charge on any atom is -0.460 e. The van der Waals surface area contributed by atoms with Crippen molar-refractivity contribution in [1.82, 2.24) is 5.32 Å². The van der Waals surface area contributed by atoms with Gasteiger partial charge in [-0.15, -0.1) is 0 Å². The van der Waals surface area contributed by atoms with Gasteiger partial charge in [0.1, 0.15) is 5.60 Å². The Balaban J connectivity index is 4.20. The average Bonchev–Trinajstić information content (AvgIpc) is 2.10.